The highest BCUT2D eigenvalue weighted by molar-refractivity contribution is 6.60. The number of likely N-dealkylation sites (N-methyl/N-ethyl adjacent to an activating group) is 1. The molecule has 0 aromatic heterocycles. The van der Waals surface area contributed by atoms with Crippen LogP contribution in [0.15, 0.2) is 30.3 Å². The minimum atomic E-state index is -2.40. The molecular weight excluding hydrogens is 296 g/mol. The molecule has 0 amide bonds. The first-order valence-electron chi connectivity index (χ1n) is 7.74. The zero-order valence-electron chi connectivity index (χ0n) is 14.3. The largest absolute Gasteiger partial charge is 0.500 e. The molecule has 0 bridgehead atoms. The number of nitrogens with zero attached hydrogens (tertiary/aromatic N) is 1. The van der Waals surface area contributed by atoms with Crippen LogP contribution in [-0.4, -0.2) is 61.7 Å². The van der Waals surface area contributed by atoms with Crippen molar-refractivity contribution in [2.45, 2.75) is 19.0 Å². The zero-order valence-corrected chi connectivity index (χ0v) is 15.3. The van der Waals surface area contributed by atoms with Gasteiger partial charge in [0.15, 0.2) is 0 Å². The minimum Gasteiger partial charge on any atom is -0.377 e. The lowest BCUT2D eigenvalue weighted by Gasteiger charge is -2.24. The SMILES string of the molecule is CO[Si](CCCNCCN(C)Cc1ccccc1)(OC)OC. The van der Waals surface area contributed by atoms with Gasteiger partial charge in [0, 0.05) is 47.0 Å². The zero-order chi connectivity index (χ0) is 16.3. The molecule has 6 heteroatoms. The van der Waals surface area contributed by atoms with Crippen LogP contribution in [0.4, 0.5) is 0 Å². The van der Waals surface area contributed by atoms with Crippen LogP contribution in [0.3, 0.4) is 0 Å². The van der Waals surface area contributed by atoms with Crippen molar-refractivity contribution < 1.29 is 13.3 Å². The Morgan fingerprint density at radius 1 is 1.00 bits per heavy atom. The first kappa shape index (κ1) is 19.3. The summed E-state index contributed by atoms with van der Waals surface area (Å²) in [6.07, 6.45) is 0.990. The Morgan fingerprint density at radius 2 is 1.64 bits per heavy atom. The molecule has 1 aromatic rings. The summed E-state index contributed by atoms with van der Waals surface area (Å²) in [4.78, 5) is 2.32. The maximum absolute atomic E-state index is 5.41. The number of hydrogen-bond donors (Lipinski definition) is 1. The van der Waals surface area contributed by atoms with Crippen LogP contribution in [0.1, 0.15) is 12.0 Å². The second-order valence-corrected chi connectivity index (χ2v) is 8.46. The number of rotatable bonds is 12. The first-order valence-corrected chi connectivity index (χ1v) is 9.67. The van der Waals surface area contributed by atoms with Crippen LogP contribution in [0.5, 0.6) is 0 Å². The quantitative estimate of drug-likeness (QED) is 0.470. The summed E-state index contributed by atoms with van der Waals surface area (Å²) in [6, 6.07) is 11.4. The Hall–Kier alpha value is -0.763. The Bertz CT molecular complexity index is 380. The number of nitrogens with one attached hydrogen (secondary N) is 1. The summed E-state index contributed by atoms with van der Waals surface area (Å²) in [5.74, 6) is 0. The molecule has 1 aromatic carbocycles. The van der Waals surface area contributed by atoms with E-state index in [1.54, 1.807) is 21.3 Å². The van der Waals surface area contributed by atoms with Gasteiger partial charge in [-0.05, 0) is 25.6 Å². The second kappa shape index (κ2) is 10.9. The molecule has 0 aliphatic carbocycles. The Balaban J connectivity index is 2.10. The van der Waals surface area contributed by atoms with Crippen molar-refractivity contribution in [2.75, 3.05) is 48.0 Å². The normalized spacial score (nSPS) is 12.0. The maximum Gasteiger partial charge on any atom is 0.500 e. The van der Waals surface area contributed by atoms with Crippen molar-refractivity contribution in [1.82, 2.24) is 10.2 Å². The number of benzene rings is 1. The van der Waals surface area contributed by atoms with Gasteiger partial charge in [0.2, 0.25) is 0 Å². The molecule has 22 heavy (non-hydrogen) atoms. The van der Waals surface area contributed by atoms with Gasteiger partial charge in [-0.3, -0.25) is 0 Å². The molecule has 0 saturated heterocycles. The van der Waals surface area contributed by atoms with E-state index in [1.165, 1.54) is 5.56 Å². The lowest BCUT2D eigenvalue weighted by Crippen LogP contribution is -2.43. The summed E-state index contributed by atoms with van der Waals surface area (Å²) < 4.78 is 16.2. The van der Waals surface area contributed by atoms with Gasteiger partial charge in [0.05, 0.1) is 0 Å². The number of hydrogen-bond acceptors (Lipinski definition) is 5. The molecule has 0 unspecified atom stereocenters. The standard InChI is InChI=1S/C16H30N2O3Si/c1-18(15-16-9-6-5-7-10-16)13-12-17-11-8-14-22(19-2,20-3)21-4/h5-7,9-10,17H,8,11-15H2,1-4H3. The van der Waals surface area contributed by atoms with Crippen LogP contribution in [0.2, 0.25) is 6.04 Å². The van der Waals surface area contributed by atoms with Crippen LogP contribution in [0, 0.1) is 0 Å². The molecule has 126 valence electrons. The van der Waals surface area contributed by atoms with E-state index in [-0.39, 0.29) is 0 Å². The van der Waals surface area contributed by atoms with Gasteiger partial charge >= 0.3 is 8.80 Å². The third kappa shape index (κ3) is 7.00. The van der Waals surface area contributed by atoms with Crippen molar-refractivity contribution >= 4 is 8.80 Å². The van der Waals surface area contributed by atoms with Crippen molar-refractivity contribution in [3.05, 3.63) is 35.9 Å². The van der Waals surface area contributed by atoms with Gasteiger partial charge in [-0.1, -0.05) is 30.3 Å². The summed E-state index contributed by atoms with van der Waals surface area (Å²) in [7, 11) is 4.72. The van der Waals surface area contributed by atoms with Gasteiger partial charge in [0.25, 0.3) is 0 Å². The van der Waals surface area contributed by atoms with Crippen molar-refractivity contribution in [1.29, 1.82) is 0 Å². The summed E-state index contributed by atoms with van der Waals surface area (Å²) in [6.45, 7) is 3.93. The summed E-state index contributed by atoms with van der Waals surface area (Å²) >= 11 is 0. The average Bonchev–Trinajstić information content (AvgIpc) is 2.56. The topological polar surface area (TPSA) is 43.0 Å². The van der Waals surface area contributed by atoms with Gasteiger partial charge in [0.1, 0.15) is 0 Å². The fourth-order valence-corrected chi connectivity index (χ4v) is 4.08. The molecule has 0 aliphatic heterocycles. The van der Waals surface area contributed by atoms with Crippen molar-refractivity contribution in [3.63, 3.8) is 0 Å². The molecular formula is C16H30N2O3Si. The van der Waals surface area contributed by atoms with Gasteiger partial charge in [-0.25, -0.2) is 0 Å². The molecule has 0 radical (unpaired) electrons. The fraction of sp³-hybridized carbons (Fsp3) is 0.625. The monoisotopic (exact) mass is 326 g/mol. The molecule has 0 atom stereocenters. The van der Waals surface area contributed by atoms with E-state index in [0.29, 0.717) is 0 Å². The third-order valence-corrected chi connectivity index (χ3v) is 6.57. The average molecular weight is 327 g/mol. The molecule has 0 heterocycles. The lowest BCUT2D eigenvalue weighted by molar-refractivity contribution is 0.123. The molecule has 0 aliphatic rings. The van der Waals surface area contributed by atoms with Crippen LogP contribution in [0.25, 0.3) is 0 Å². The highest BCUT2D eigenvalue weighted by atomic mass is 28.4. The van der Waals surface area contributed by atoms with Gasteiger partial charge in [-0.2, -0.15) is 0 Å². The van der Waals surface area contributed by atoms with E-state index >= 15 is 0 Å². The van der Waals surface area contributed by atoms with E-state index in [0.717, 1.165) is 38.6 Å². The Labute approximate surface area is 135 Å². The highest BCUT2D eigenvalue weighted by Gasteiger charge is 2.36. The smallest absolute Gasteiger partial charge is 0.377 e. The molecule has 0 spiro atoms. The Morgan fingerprint density at radius 3 is 2.23 bits per heavy atom. The predicted octanol–water partition coefficient (Wildman–Crippen LogP) is 1.98. The van der Waals surface area contributed by atoms with E-state index < -0.39 is 8.80 Å². The summed E-state index contributed by atoms with van der Waals surface area (Å²) in [5, 5.41) is 3.46. The highest BCUT2D eigenvalue weighted by Crippen LogP contribution is 2.14. The van der Waals surface area contributed by atoms with E-state index in [9.17, 15) is 0 Å². The molecule has 1 rings (SSSR count). The van der Waals surface area contributed by atoms with Gasteiger partial charge in [-0.15, -0.1) is 0 Å². The van der Waals surface area contributed by atoms with Crippen LogP contribution in [-0.2, 0) is 19.8 Å². The van der Waals surface area contributed by atoms with Crippen molar-refractivity contribution in [2.24, 2.45) is 0 Å². The molecule has 0 saturated carbocycles. The minimum absolute atomic E-state index is 0.837. The molecule has 0 fully saturated rings. The maximum atomic E-state index is 5.41. The lowest BCUT2D eigenvalue weighted by atomic mass is 10.2. The van der Waals surface area contributed by atoms with E-state index in [2.05, 4.69) is 47.6 Å². The first-order chi connectivity index (χ1) is 10.7. The van der Waals surface area contributed by atoms with E-state index in [4.69, 9.17) is 13.3 Å². The van der Waals surface area contributed by atoms with E-state index in [1.807, 2.05) is 0 Å². The predicted molar refractivity (Wildman–Crippen MR) is 91.9 cm³/mol. The third-order valence-electron chi connectivity index (χ3n) is 3.74. The van der Waals surface area contributed by atoms with Crippen molar-refractivity contribution in [3.8, 4) is 0 Å². The Kier molecular flexibility index (Phi) is 9.54. The summed E-state index contributed by atoms with van der Waals surface area (Å²) in [5.41, 5.74) is 1.35. The molecule has 1 N–H and O–H groups in total. The van der Waals surface area contributed by atoms with Gasteiger partial charge < -0.3 is 23.5 Å². The second-order valence-electron chi connectivity index (χ2n) is 5.37. The van der Waals surface area contributed by atoms with Crippen LogP contribution < -0.4 is 5.32 Å². The molecule has 5 nitrogen and oxygen atoms in total. The fourth-order valence-electron chi connectivity index (χ4n) is 2.36. The van der Waals surface area contributed by atoms with Crippen LogP contribution >= 0.6 is 0 Å².